The van der Waals surface area contributed by atoms with Gasteiger partial charge in [0.25, 0.3) is 0 Å². The number of nitrogens with zero attached hydrogens (tertiary/aromatic N) is 1. The van der Waals surface area contributed by atoms with Crippen molar-refractivity contribution in [3.05, 3.63) is 34.9 Å². The molecular formula is C16H22N2O3. The van der Waals surface area contributed by atoms with Crippen LogP contribution in [0.25, 0.3) is 0 Å². The summed E-state index contributed by atoms with van der Waals surface area (Å²) in [5, 5.41) is 9.53. The average molecular weight is 290 g/mol. The van der Waals surface area contributed by atoms with E-state index in [0.29, 0.717) is 18.5 Å². The second-order valence-corrected chi connectivity index (χ2v) is 5.96. The van der Waals surface area contributed by atoms with Crippen LogP contribution < -0.4 is 5.73 Å². The molecule has 1 atom stereocenters. The first-order valence-corrected chi connectivity index (χ1v) is 7.22. The minimum absolute atomic E-state index is 0.446. The van der Waals surface area contributed by atoms with Gasteiger partial charge in [0.15, 0.2) is 0 Å². The Labute approximate surface area is 124 Å². The number of amides is 1. The van der Waals surface area contributed by atoms with Gasteiger partial charge in [0.1, 0.15) is 5.54 Å². The topological polar surface area (TPSA) is 83.6 Å². The van der Waals surface area contributed by atoms with Crippen LogP contribution in [0.4, 0.5) is 0 Å². The molecule has 5 nitrogen and oxygen atoms in total. The Morgan fingerprint density at radius 2 is 2.10 bits per heavy atom. The standard InChI is InChI=1S/C16H22N2O3/c1-11-9-12(14(17)19)5-6-13(11)10-18-8-4-3-7-16(18,2)15(20)21/h5-6,9H,3-4,7-8,10H2,1-2H3,(H2,17,19)(H,20,21). The molecule has 0 bridgehead atoms. The highest BCUT2D eigenvalue weighted by Gasteiger charge is 2.41. The third-order valence-corrected chi connectivity index (χ3v) is 4.49. The molecule has 1 amide bonds. The van der Waals surface area contributed by atoms with E-state index in [4.69, 9.17) is 5.73 Å². The maximum atomic E-state index is 11.6. The molecule has 2 rings (SSSR count). The summed E-state index contributed by atoms with van der Waals surface area (Å²) in [6.45, 7) is 5.07. The summed E-state index contributed by atoms with van der Waals surface area (Å²) in [6.07, 6.45) is 2.63. The molecule has 1 aliphatic rings. The number of carboxylic acid groups (broad SMARTS) is 1. The molecule has 0 saturated carbocycles. The van der Waals surface area contributed by atoms with Gasteiger partial charge in [-0.3, -0.25) is 14.5 Å². The molecule has 1 aromatic rings. The maximum absolute atomic E-state index is 11.6. The Morgan fingerprint density at radius 1 is 1.38 bits per heavy atom. The SMILES string of the molecule is Cc1cc(C(N)=O)ccc1CN1CCCCC1(C)C(=O)O. The zero-order valence-corrected chi connectivity index (χ0v) is 12.6. The van der Waals surface area contributed by atoms with Crippen molar-refractivity contribution in [3.63, 3.8) is 0 Å². The molecule has 5 heteroatoms. The molecule has 114 valence electrons. The number of hydrogen-bond donors (Lipinski definition) is 2. The molecule has 21 heavy (non-hydrogen) atoms. The first kappa shape index (κ1) is 15.5. The lowest BCUT2D eigenvalue weighted by Crippen LogP contribution is -2.54. The predicted octanol–water partition coefficient (Wildman–Crippen LogP) is 1.92. The number of carboxylic acids is 1. The molecule has 1 aliphatic heterocycles. The van der Waals surface area contributed by atoms with Crippen molar-refractivity contribution in [1.29, 1.82) is 0 Å². The predicted molar refractivity (Wildman–Crippen MR) is 80.0 cm³/mol. The van der Waals surface area contributed by atoms with Crippen LogP contribution in [-0.2, 0) is 11.3 Å². The van der Waals surface area contributed by atoms with Gasteiger partial charge in [-0.25, -0.2) is 0 Å². The van der Waals surface area contributed by atoms with Gasteiger partial charge in [-0.2, -0.15) is 0 Å². The van der Waals surface area contributed by atoms with Gasteiger partial charge >= 0.3 is 5.97 Å². The second kappa shape index (κ2) is 5.85. The lowest BCUT2D eigenvalue weighted by atomic mass is 9.87. The zero-order valence-electron chi connectivity index (χ0n) is 12.6. The summed E-state index contributed by atoms with van der Waals surface area (Å²) < 4.78 is 0. The highest BCUT2D eigenvalue weighted by molar-refractivity contribution is 5.93. The molecule has 1 heterocycles. The Kier molecular flexibility index (Phi) is 4.32. The van der Waals surface area contributed by atoms with Crippen LogP contribution in [0.15, 0.2) is 18.2 Å². The van der Waals surface area contributed by atoms with Gasteiger partial charge in [-0.15, -0.1) is 0 Å². The lowest BCUT2D eigenvalue weighted by Gasteiger charge is -2.41. The smallest absolute Gasteiger partial charge is 0.323 e. The Balaban J connectivity index is 2.24. The summed E-state index contributed by atoms with van der Waals surface area (Å²) in [7, 11) is 0. The van der Waals surface area contributed by atoms with Crippen LogP contribution in [0.5, 0.6) is 0 Å². The van der Waals surface area contributed by atoms with Crippen molar-refractivity contribution in [2.24, 2.45) is 5.73 Å². The highest BCUT2D eigenvalue weighted by Crippen LogP contribution is 2.30. The number of primary amides is 1. The summed E-state index contributed by atoms with van der Waals surface area (Å²) in [4.78, 5) is 24.8. The monoisotopic (exact) mass is 290 g/mol. The van der Waals surface area contributed by atoms with Crippen molar-refractivity contribution in [2.45, 2.75) is 45.2 Å². The van der Waals surface area contributed by atoms with Gasteiger partial charge in [-0.1, -0.05) is 6.07 Å². The van der Waals surface area contributed by atoms with Gasteiger partial charge in [0.2, 0.25) is 5.91 Å². The fourth-order valence-electron chi connectivity index (χ4n) is 2.90. The van der Waals surface area contributed by atoms with Gasteiger partial charge in [-0.05, 0) is 62.9 Å². The molecule has 0 aromatic heterocycles. The Bertz CT molecular complexity index is 571. The van der Waals surface area contributed by atoms with Crippen LogP contribution in [0.2, 0.25) is 0 Å². The van der Waals surface area contributed by atoms with Crippen molar-refractivity contribution in [2.75, 3.05) is 6.54 Å². The number of likely N-dealkylation sites (tertiary alicyclic amines) is 1. The average Bonchev–Trinajstić information content (AvgIpc) is 2.43. The number of carbonyl (C=O) groups is 2. The number of hydrogen-bond acceptors (Lipinski definition) is 3. The summed E-state index contributed by atoms with van der Waals surface area (Å²) in [6, 6.07) is 5.33. The Morgan fingerprint density at radius 3 is 2.67 bits per heavy atom. The third kappa shape index (κ3) is 3.08. The first-order chi connectivity index (χ1) is 9.84. The van der Waals surface area contributed by atoms with Crippen LogP contribution in [0, 0.1) is 6.92 Å². The molecule has 1 aromatic carbocycles. The summed E-state index contributed by atoms with van der Waals surface area (Å²) in [5.74, 6) is -1.22. The lowest BCUT2D eigenvalue weighted by molar-refractivity contribution is -0.153. The minimum atomic E-state index is -0.812. The fraction of sp³-hybridized carbons (Fsp3) is 0.500. The van der Waals surface area contributed by atoms with Gasteiger partial charge in [0, 0.05) is 12.1 Å². The highest BCUT2D eigenvalue weighted by atomic mass is 16.4. The molecule has 1 saturated heterocycles. The van der Waals surface area contributed by atoms with E-state index < -0.39 is 17.4 Å². The largest absolute Gasteiger partial charge is 0.480 e. The maximum Gasteiger partial charge on any atom is 0.323 e. The number of aryl methyl sites for hydroxylation is 1. The van der Waals surface area contributed by atoms with E-state index in [1.807, 2.05) is 17.9 Å². The van der Waals surface area contributed by atoms with Crippen molar-refractivity contribution in [3.8, 4) is 0 Å². The van der Waals surface area contributed by atoms with Crippen molar-refractivity contribution in [1.82, 2.24) is 4.90 Å². The molecule has 0 radical (unpaired) electrons. The van der Waals surface area contributed by atoms with E-state index in [-0.39, 0.29) is 0 Å². The second-order valence-electron chi connectivity index (χ2n) is 5.96. The third-order valence-electron chi connectivity index (χ3n) is 4.49. The number of aliphatic carboxylic acids is 1. The minimum Gasteiger partial charge on any atom is -0.480 e. The van der Waals surface area contributed by atoms with E-state index in [1.165, 1.54) is 0 Å². The molecule has 3 N–H and O–H groups in total. The number of carbonyl (C=O) groups excluding carboxylic acids is 1. The number of rotatable bonds is 4. The van der Waals surface area contributed by atoms with Crippen LogP contribution >= 0.6 is 0 Å². The van der Waals surface area contributed by atoms with E-state index in [1.54, 1.807) is 19.1 Å². The first-order valence-electron chi connectivity index (χ1n) is 7.22. The molecular weight excluding hydrogens is 268 g/mol. The van der Waals surface area contributed by atoms with Crippen LogP contribution in [-0.4, -0.2) is 34.0 Å². The van der Waals surface area contributed by atoms with E-state index in [9.17, 15) is 14.7 Å². The number of benzene rings is 1. The van der Waals surface area contributed by atoms with Crippen LogP contribution in [0.1, 0.15) is 47.7 Å². The molecule has 0 spiro atoms. The van der Waals surface area contributed by atoms with Crippen LogP contribution in [0.3, 0.4) is 0 Å². The summed E-state index contributed by atoms with van der Waals surface area (Å²) in [5.41, 5.74) is 6.94. The van der Waals surface area contributed by atoms with Crippen molar-refractivity contribution >= 4 is 11.9 Å². The van der Waals surface area contributed by atoms with E-state index in [2.05, 4.69) is 0 Å². The Hall–Kier alpha value is -1.88. The van der Waals surface area contributed by atoms with E-state index >= 15 is 0 Å². The molecule has 1 fully saturated rings. The van der Waals surface area contributed by atoms with Crippen molar-refractivity contribution < 1.29 is 14.7 Å². The number of piperidine rings is 1. The van der Waals surface area contributed by atoms with E-state index in [0.717, 1.165) is 30.5 Å². The normalized spacial score (nSPS) is 23.0. The molecule has 1 unspecified atom stereocenters. The quantitative estimate of drug-likeness (QED) is 0.887. The van der Waals surface area contributed by atoms with Gasteiger partial charge in [0.05, 0.1) is 0 Å². The molecule has 0 aliphatic carbocycles. The van der Waals surface area contributed by atoms with Gasteiger partial charge < -0.3 is 10.8 Å². The number of nitrogens with two attached hydrogens (primary N) is 1. The summed E-state index contributed by atoms with van der Waals surface area (Å²) >= 11 is 0. The fourth-order valence-corrected chi connectivity index (χ4v) is 2.90. The zero-order chi connectivity index (χ0) is 15.6.